The van der Waals surface area contributed by atoms with Crippen molar-refractivity contribution in [2.24, 2.45) is 0 Å². The van der Waals surface area contributed by atoms with E-state index >= 15 is 0 Å². The third-order valence-electron chi connectivity index (χ3n) is 5.72. The van der Waals surface area contributed by atoms with E-state index in [2.05, 4.69) is 28.2 Å². The number of piperazine rings is 1. The number of carbonyl (C=O) groups is 2. The number of amides is 2. The predicted octanol–water partition coefficient (Wildman–Crippen LogP) is 2.94. The highest BCUT2D eigenvalue weighted by Crippen LogP contribution is 2.22. The molecule has 1 aliphatic rings. The van der Waals surface area contributed by atoms with Crippen molar-refractivity contribution in [1.29, 1.82) is 0 Å². The fourth-order valence-electron chi connectivity index (χ4n) is 3.67. The van der Waals surface area contributed by atoms with Crippen molar-refractivity contribution in [3.05, 3.63) is 64.7 Å². The molecule has 0 radical (unpaired) electrons. The number of rotatable bonds is 5. The summed E-state index contributed by atoms with van der Waals surface area (Å²) < 4.78 is 0. The largest absolute Gasteiger partial charge is 0.369 e. The van der Waals surface area contributed by atoms with E-state index in [0.717, 1.165) is 43.0 Å². The van der Waals surface area contributed by atoms with Crippen LogP contribution in [0.15, 0.2) is 42.5 Å². The molecule has 0 aliphatic carbocycles. The molecule has 1 fully saturated rings. The van der Waals surface area contributed by atoms with Crippen LogP contribution in [0.1, 0.15) is 44.8 Å². The van der Waals surface area contributed by atoms with Gasteiger partial charge in [0, 0.05) is 57.1 Å². The van der Waals surface area contributed by atoms with E-state index in [-0.39, 0.29) is 17.9 Å². The van der Waals surface area contributed by atoms with Crippen LogP contribution < -0.4 is 10.2 Å². The van der Waals surface area contributed by atoms with Crippen LogP contribution in [0.3, 0.4) is 0 Å². The van der Waals surface area contributed by atoms with Gasteiger partial charge in [0.1, 0.15) is 0 Å². The minimum atomic E-state index is -0.209. The summed E-state index contributed by atoms with van der Waals surface area (Å²) in [4.78, 5) is 31.5. The molecule has 2 aromatic rings. The SMILES string of the molecule is Cc1ccc(N2CCN(C)CC2)cc1C(=O)N[C@H](C)c1cccc(C(=O)N(C)C)c1. The molecule has 0 bridgehead atoms. The number of nitrogens with zero attached hydrogens (tertiary/aromatic N) is 3. The molecule has 160 valence electrons. The maximum absolute atomic E-state index is 13.1. The molecule has 6 heteroatoms. The molecule has 2 amide bonds. The molecule has 0 aromatic heterocycles. The summed E-state index contributed by atoms with van der Waals surface area (Å²) in [5, 5.41) is 3.10. The molecule has 1 atom stereocenters. The van der Waals surface area contributed by atoms with Gasteiger partial charge in [-0.05, 0) is 56.3 Å². The second kappa shape index (κ2) is 9.30. The molecule has 30 heavy (non-hydrogen) atoms. The lowest BCUT2D eigenvalue weighted by Gasteiger charge is -2.34. The van der Waals surface area contributed by atoms with Gasteiger partial charge in [-0.25, -0.2) is 0 Å². The van der Waals surface area contributed by atoms with Gasteiger partial charge in [0.2, 0.25) is 0 Å². The van der Waals surface area contributed by atoms with Crippen molar-refractivity contribution in [1.82, 2.24) is 15.1 Å². The van der Waals surface area contributed by atoms with E-state index in [0.29, 0.717) is 11.1 Å². The van der Waals surface area contributed by atoms with Crippen molar-refractivity contribution >= 4 is 17.5 Å². The van der Waals surface area contributed by atoms with Gasteiger partial charge in [0.05, 0.1) is 6.04 Å². The maximum Gasteiger partial charge on any atom is 0.253 e. The third-order valence-corrected chi connectivity index (χ3v) is 5.72. The summed E-state index contributed by atoms with van der Waals surface area (Å²) in [5.74, 6) is -0.147. The average molecular weight is 409 g/mol. The van der Waals surface area contributed by atoms with E-state index in [1.165, 1.54) is 0 Å². The highest BCUT2D eigenvalue weighted by atomic mass is 16.2. The van der Waals surface area contributed by atoms with Gasteiger partial charge >= 0.3 is 0 Å². The fourth-order valence-corrected chi connectivity index (χ4v) is 3.67. The lowest BCUT2D eigenvalue weighted by molar-refractivity contribution is 0.0827. The number of carbonyl (C=O) groups excluding carboxylic acids is 2. The van der Waals surface area contributed by atoms with Crippen LogP contribution in [0.5, 0.6) is 0 Å². The molecule has 0 unspecified atom stereocenters. The maximum atomic E-state index is 13.1. The Hall–Kier alpha value is -2.86. The molecule has 0 saturated carbocycles. The second-order valence-corrected chi connectivity index (χ2v) is 8.31. The van der Waals surface area contributed by atoms with Crippen LogP contribution in [0, 0.1) is 6.92 Å². The number of likely N-dealkylation sites (N-methyl/N-ethyl adjacent to an activating group) is 1. The second-order valence-electron chi connectivity index (χ2n) is 8.31. The molecule has 6 nitrogen and oxygen atoms in total. The van der Waals surface area contributed by atoms with Crippen LogP contribution in [-0.4, -0.2) is 68.9 Å². The van der Waals surface area contributed by atoms with Crippen molar-refractivity contribution in [2.75, 3.05) is 52.2 Å². The van der Waals surface area contributed by atoms with Crippen molar-refractivity contribution in [3.63, 3.8) is 0 Å². The van der Waals surface area contributed by atoms with E-state index in [4.69, 9.17) is 0 Å². The van der Waals surface area contributed by atoms with Crippen LogP contribution in [0.2, 0.25) is 0 Å². The molecule has 3 rings (SSSR count). The van der Waals surface area contributed by atoms with Gasteiger partial charge in [-0.3, -0.25) is 9.59 Å². The Morgan fingerprint density at radius 2 is 1.73 bits per heavy atom. The van der Waals surface area contributed by atoms with Crippen LogP contribution in [0.4, 0.5) is 5.69 Å². The van der Waals surface area contributed by atoms with E-state index in [1.807, 2.05) is 44.2 Å². The molecule has 1 saturated heterocycles. The van der Waals surface area contributed by atoms with Crippen molar-refractivity contribution in [2.45, 2.75) is 19.9 Å². The summed E-state index contributed by atoms with van der Waals surface area (Å²) in [6.45, 7) is 7.87. The van der Waals surface area contributed by atoms with Crippen LogP contribution in [0.25, 0.3) is 0 Å². The minimum absolute atomic E-state index is 0.0499. The van der Waals surface area contributed by atoms with Crippen LogP contribution >= 0.6 is 0 Å². The Morgan fingerprint density at radius 1 is 1.03 bits per heavy atom. The predicted molar refractivity (Wildman–Crippen MR) is 121 cm³/mol. The lowest BCUT2D eigenvalue weighted by Crippen LogP contribution is -2.44. The number of hydrogen-bond donors (Lipinski definition) is 1. The first-order valence-electron chi connectivity index (χ1n) is 10.4. The summed E-state index contributed by atoms with van der Waals surface area (Å²) in [6, 6.07) is 13.3. The highest BCUT2D eigenvalue weighted by Gasteiger charge is 2.19. The average Bonchev–Trinajstić information content (AvgIpc) is 2.74. The Morgan fingerprint density at radius 3 is 2.40 bits per heavy atom. The summed E-state index contributed by atoms with van der Waals surface area (Å²) in [7, 11) is 5.60. The summed E-state index contributed by atoms with van der Waals surface area (Å²) in [6.07, 6.45) is 0. The summed E-state index contributed by atoms with van der Waals surface area (Å²) in [5.41, 5.74) is 4.26. The minimum Gasteiger partial charge on any atom is -0.369 e. The quantitative estimate of drug-likeness (QED) is 0.827. The first-order chi connectivity index (χ1) is 14.3. The first-order valence-corrected chi connectivity index (χ1v) is 10.4. The van der Waals surface area contributed by atoms with Gasteiger partial charge < -0.3 is 20.0 Å². The molecule has 1 heterocycles. The molecular formula is C24H32N4O2. The zero-order valence-electron chi connectivity index (χ0n) is 18.6. The monoisotopic (exact) mass is 408 g/mol. The molecule has 1 N–H and O–H groups in total. The van der Waals surface area contributed by atoms with Gasteiger partial charge in [-0.15, -0.1) is 0 Å². The van der Waals surface area contributed by atoms with E-state index in [9.17, 15) is 9.59 Å². The third kappa shape index (κ3) is 5.00. The molecule has 2 aromatic carbocycles. The zero-order valence-corrected chi connectivity index (χ0v) is 18.6. The normalized spacial score (nSPS) is 15.6. The van der Waals surface area contributed by atoms with Crippen molar-refractivity contribution < 1.29 is 9.59 Å². The molecule has 1 aliphatic heterocycles. The summed E-state index contributed by atoms with van der Waals surface area (Å²) >= 11 is 0. The Balaban J connectivity index is 1.75. The van der Waals surface area contributed by atoms with E-state index in [1.54, 1.807) is 25.1 Å². The Bertz CT molecular complexity index is 917. The number of hydrogen-bond acceptors (Lipinski definition) is 4. The number of aryl methyl sites for hydroxylation is 1. The number of benzene rings is 2. The Kier molecular flexibility index (Phi) is 6.77. The standard InChI is InChI=1S/C24H32N4O2/c1-17-9-10-21(28-13-11-27(5)12-14-28)16-22(17)23(29)25-18(2)19-7-6-8-20(15-19)24(30)26(3)4/h6-10,15-16,18H,11-14H2,1-5H3,(H,25,29)/t18-/m1/s1. The lowest BCUT2D eigenvalue weighted by atomic mass is 10.0. The smallest absolute Gasteiger partial charge is 0.253 e. The van der Waals surface area contributed by atoms with Crippen LogP contribution in [-0.2, 0) is 0 Å². The zero-order chi connectivity index (χ0) is 21.8. The fraction of sp³-hybridized carbons (Fsp3) is 0.417. The number of nitrogens with one attached hydrogen (secondary N) is 1. The first kappa shape index (κ1) is 21.8. The van der Waals surface area contributed by atoms with Gasteiger partial charge in [0.25, 0.3) is 11.8 Å². The molecular weight excluding hydrogens is 376 g/mol. The van der Waals surface area contributed by atoms with Gasteiger partial charge in [-0.1, -0.05) is 18.2 Å². The van der Waals surface area contributed by atoms with Gasteiger partial charge in [-0.2, -0.15) is 0 Å². The molecule has 0 spiro atoms. The van der Waals surface area contributed by atoms with Crippen molar-refractivity contribution in [3.8, 4) is 0 Å². The topological polar surface area (TPSA) is 55.9 Å². The van der Waals surface area contributed by atoms with Gasteiger partial charge in [0.15, 0.2) is 0 Å². The highest BCUT2D eigenvalue weighted by molar-refractivity contribution is 5.97. The number of anilines is 1. The Labute approximate surface area is 179 Å². The van der Waals surface area contributed by atoms with E-state index < -0.39 is 0 Å².